The fourth-order valence-corrected chi connectivity index (χ4v) is 5.26. The number of benzene rings is 2. The van der Waals surface area contributed by atoms with Crippen LogP contribution in [0.25, 0.3) is 0 Å². The number of esters is 1. The van der Waals surface area contributed by atoms with Gasteiger partial charge in [0.25, 0.3) is 0 Å². The Hall–Kier alpha value is -3.13. The smallest absolute Gasteiger partial charge is 0.325 e. The number of amides is 2. The molecule has 2 rings (SSSR count). The Morgan fingerprint density at radius 2 is 1.74 bits per heavy atom. The molecule has 0 radical (unpaired) electrons. The molecule has 0 aliphatic heterocycles. The largest absolute Gasteiger partial charge is 0.744 e. The molecule has 0 saturated heterocycles. The summed E-state index contributed by atoms with van der Waals surface area (Å²) in [6.07, 6.45) is 4.45. The maximum atomic E-state index is 12.2. The van der Waals surface area contributed by atoms with E-state index in [0.29, 0.717) is 17.9 Å². The van der Waals surface area contributed by atoms with Gasteiger partial charge < -0.3 is 29.4 Å². The minimum absolute atomic E-state index is 0.0165. The van der Waals surface area contributed by atoms with E-state index in [1.165, 1.54) is 44.8 Å². The third-order valence-electron chi connectivity index (χ3n) is 5.52. The standard InChI is InChI=1S/C22H34N2O6S.C7H8O3S/c1-5-6-11-31(4)12-10-21(26)24-18-8-7-9-19(13-18)29-16-20(15-28-3)30-22(27)14-23-17(2)25;1-6-2-4-7(5-3-6)11(8,9)10/h7-9,13,20H,5-6,10-12,14-16H2,1-4H3,(H-,23,24,25,26);2-5H,1H3,(H,8,9,10). The summed E-state index contributed by atoms with van der Waals surface area (Å²) in [6.45, 7) is 5.33. The van der Waals surface area contributed by atoms with Crippen LogP contribution >= 0.6 is 0 Å². The number of hydrogen-bond donors (Lipinski definition) is 2. The average molecular weight is 627 g/mol. The van der Waals surface area contributed by atoms with Crippen LogP contribution in [0.15, 0.2) is 53.4 Å². The summed E-state index contributed by atoms with van der Waals surface area (Å²) in [5, 5.41) is 5.29. The summed E-state index contributed by atoms with van der Waals surface area (Å²) in [6, 6.07) is 12.8. The number of unbranched alkanes of at least 4 members (excludes halogenated alkanes) is 1. The van der Waals surface area contributed by atoms with E-state index in [-0.39, 0.29) is 47.4 Å². The Kier molecular flexibility index (Phi) is 17.5. The van der Waals surface area contributed by atoms with Crippen LogP contribution in [0.5, 0.6) is 5.75 Å². The van der Waals surface area contributed by atoms with Gasteiger partial charge in [-0.3, -0.25) is 14.4 Å². The summed E-state index contributed by atoms with van der Waals surface area (Å²) in [7, 11) is -2.51. The maximum absolute atomic E-state index is 12.2. The number of methoxy groups -OCH3 is 1. The molecule has 2 aromatic rings. The van der Waals surface area contributed by atoms with E-state index < -0.39 is 22.2 Å². The van der Waals surface area contributed by atoms with Crippen molar-refractivity contribution in [2.45, 2.75) is 51.0 Å². The highest BCUT2D eigenvalue weighted by Gasteiger charge is 2.17. The lowest BCUT2D eigenvalue weighted by atomic mass is 10.2. The molecular formula is C29H42N2O9S2. The highest BCUT2D eigenvalue weighted by Crippen LogP contribution is 2.18. The molecule has 0 aliphatic rings. The third kappa shape index (κ3) is 17.0. The predicted octanol–water partition coefficient (Wildman–Crippen LogP) is 3.04. The van der Waals surface area contributed by atoms with Gasteiger partial charge in [0, 0.05) is 25.8 Å². The molecule has 0 aromatic heterocycles. The van der Waals surface area contributed by atoms with E-state index >= 15 is 0 Å². The number of hydrogen-bond acceptors (Lipinski definition) is 9. The van der Waals surface area contributed by atoms with Gasteiger partial charge in [-0.1, -0.05) is 37.1 Å². The van der Waals surface area contributed by atoms with Crippen molar-refractivity contribution in [1.29, 1.82) is 0 Å². The molecule has 11 nitrogen and oxygen atoms in total. The lowest BCUT2D eigenvalue weighted by Gasteiger charge is -2.18. The normalized spacial score (nSPS) is 12.2. The quantitative estimate of drug-likeness (QED) is 0.162. The van der Waals surface area contributed by atoms with Gasteiger partial charge in [0.15, 0.2) is 6.10 Å². The van der Waals surface area contributed by atoms with Gasteiger partial charge in [-0.25, -0.2) is 8.42 Å². The molecule has 2 aromatic carbocycles. The molecule has 42 heavy (non-hydrogen) atoms. The Morgan fingerprint density at radius 3 is 2.33 bits per heavy atom. The van der Waals surface area contributed by atoms with Crippen LogP contribution in [-0.4, -0.2) is 81.5 Å². The zero-order valence-electron chi connectivity index (χ0n) is 24.8. The van der Waals surface area contributed by atoms with Gasteiger partial charge in [-0.05, 0) is 48.5 Å². The number of nitrogens with one attached hydrogen (secondary N) is 2. The van der Waals surface area contributed by atoms with Crippen molar-refractivity contribution < 1.29 is 41.6 Å². The van der Waals surface area contributed by atoms with E-state index in [2.05, 4.69) is 23.8 Å². The van der Waals surface area contributed by atoms with Crippen LogP contribution in [0.4, 0.5) is 5.69 Å². The fraction of sp³-hybridized carbons (Fsp3) is 0.483. The second-order valence-electron chi connectivity index (χ2n) is 9.42. The van der Waals surface area contributed by atoms with Crippen LogP contribution < -0.4 is 15.4 Å². The first-order chi connectivity index (χ1) is 19.8. The molecule has 0 aliphatic carbocycles. The Bertz CT molecular complexity index is 1220. The number of carbonyl (C=O) groups excluding carboxylic acids is 3. The molecule has 13 heteroatoms. The van der Waals surface area contributed by atoms with Gasteiger partial charge >= 0.3 is 5.97 Å². The first kappa shape index (κ1) is 36.9. The van der Waals surface area contributed by atoms with E-state index in [1.807, 2.05) is 6.92 Å². The molecule has 2 atom stereocenters. The number of carbonyl (C=O) groups is 3. The van der Waals surface area contributed by atoms with Crippen LogP contribution in [-0.2, 0) is 44.9 Å². The van der Waals surface area contributed by atoms with Gasteiger partial charge in [-0.2, -0.15) is 0 Å². The van der Waals surface area contributed by atoms with Crippen molar-refractivity contribution in [1.82, 2.24) is 5.32 Å². The van der Waals surface area contributed by atoms with Gasteiger partial charge in [0.2, 0.25) is 11.8 Å². The summed E-state index contributed by atoms with van der Waals surface area (Å²) in [5.74, 6) is 1.70. The molecule has 0 bridgehead atoms. The van der Waals surface area contributed by atoms with Gasteiger partial charge in [0.1, 0.15) is 40.5 Å². The van der Waals surface area contributed by atoms with Crippen molar-refractivity contribution >= 4 is 44.5 Å². The second kappa shape index (κ2) is 19.9. The van der Waals surface area contributed by atoms with Crippen LogP contribution in [0, 0.1) is 6.92 Å². The summed E-state index contributed by atoms with van der Waals surface area (Å²) in [4.78, 5) is 34.7. The molecule has 2 N–H and O–H groups in total. The molecule has 2 unspecified atom stereocenters. The van der Waals surface area contributed by atoms with E-state index in [9.17, 15) is 27.4 Å². The monoisotopic (exact) mass is 626 g/mol. The molecule has 234 valence electrons. The molecule has 0 fully saturated rings. The lowest BCUT2D eigenvalue weighted by molar-refractivity contribution is -0.153. The second-order valence-corrected chi connectivity index (χ2v) is 13.2. The summed E-state index contributed by atoms with van der Waals surface area (Å²) in [5.41, 5.74) is 1.58. The first-order valence-electron chi connectivity index (χ1n) is 13.4. The number of ether oxygens (including phenoxy) is 3. The van der Waals surface area contributed by atoms with Crippen LogP contribution in [0.3, 0.4) is 0 Å². The molecule has 2 amide bonds. The van der Waals surface area contributed by atoms with Crippen molar-refractivity contribution in [3.63, 3.8) is 0 Å². The molecule has 0 saturated carbocycles. The highest BCUT2D eigenvalue weighted by molar-refractivity contribution is 7.96. The maximum Gasteiger partial charge on any atom is 0.325 e. The minimum Gasteiger partial charge on any atom is -0.744 e. The Labute approximate surface area is 251 Å². The average Bonchev–Trinajstić information content (AvgIpc) is 2.93. The third-order valence-corrected chi connectivity index (χ3v) is 8.26. The van der Waals surface area contributed by atoms with Crippen LogP contribution in [0.2, 0.25) is 0 Å². The molecule has 0 heterocycles. The Balaban J connectivity index is 0.000000666. The SMILES string of the molecule is CCCC[S+](C)CCC(=O)Nc1cccc(OCC(COC)OC(=O)CNC(C)=O)c1.Cc1ccc(S(=O)(=O)[O-])cc1. The topological polar surface area (TPSA) is 160 Å². The van der Waals surface area contributed by atoms with Gasteiger partial charge in [-0.15, -0.1) is 0 Å². The minimum atomic E-state index is -4.27. The lowest BCUT2D eigenvalue weighted by Crippen LogP contribution is -2.35. The van der Waals surface area contributed by atoms with Gasteiger partial charge in [0.05, 0.1) is 24.2 Å². The van der Waals surface area contributed by atoms with Crippen molar-refractivity contribution in [2.24, 2.45) is 0 Å². The predicted molar refractivity (Wildman–Crippen MR) is 163 cm³/mol. The van der Waals surface area contributed by atoms with E-state index in [4.69, 9.17) is 14.2 Å². The summed E-state index contributed by atoms with van der Waals surface area (Å²) < 4.78 is 47.2. The number of aryl methyl sites for hydroxylation is 1. The fourth-order valence-electron chi connectivity index (χ4n) is 3.27. The van der Waals surface area contributed by atoms with Crippen molar-refractivity contribution in [2.75, 3.05) is 49.9 Å². The molecule has 0 spiro atoms. The van der Waals surface area contributed by atoms with E-state index in [0.717, 1.165) is 11.3 Å². The first-order valence-corrected chi connectivity index (χ1v) is 16.8. The summed E-state index contributed by atoms with van der Waals surface area (Å²) >= 11 is 0. The zero-order chi connectivity index (χ0) is 31.5. The Morgan fingerprint density at radius 1 is 1.05 bits per heavy atom. The van der Waals surface area contributed by atoms with Crippen LogP contribution in [0.1, 0.15) is 38.7 Å². The van der Waals surface area contributed by atoms with E-state index in [1.54, 1.807) is 36.4 Å². The highest BCUT2D eigenvalue weighted by atomic mass is 32.2. The van der Waals surface area contributed by atoms with Crippen molar-refractivity contribution in [3.8, 4) is 5.75 Å². The van der Waals surface area contributed by atoms with Crippen molar-refractivity contribution in [3.05, 3.63) is 54.1 Å². The number of rotatable bonds is 16. The number of anilines is 1. The molecular weight excluding hydrogens is 584 g/mol. The zero-order valence-corrected chi connectivity index (χ0v) is 26.5.